The van der Waals surface area contributed by atoms with Crippen molar-refractivity contribution in [2.24, 2.45) is 5.73 Å². The summed E-state index contributed by atoms with van der Waals surface area (Å²) in [5.41, 5.74) is 6.50. The maximum Gasteiger partial charge on any atom is 0.251 e. The Morgan fingerprint density at radius 1 is 1.21 bits per heavy atom. The van der Waals surface area contributed by atoms with Gasteiger partial charge in [-0.05, 0) is 43.5 Å². The lowest BCUT2D eigenvalue weighted by atomic mass is 9.97. The van der Waals surface area contributed by atoms with E-state index in [1.807, 2.05) is 6.92 Å². The van der Waals surface area contributed by atoms with Crippen molar-refractivity contribution in [3.63, 3.8) is 0 Å². The Bertz CT molecular complexity index is 641. The fourth-order valence-electron chi connectivity index (χ4n) is 2.93. The normalized spacial score (nSPS) is 16.2. The molecule has 1 saturated carbocycles. The lowest BCUT2D eigenvalue weighted by Gasteiger charge is -2.28. The van der Waals surface area contributed by atoms with Gasteiger partial charge in [0.2, 0.25) is 10.0 Å². The molecule has 4 N–H and O–H groups in total. The van der Waals surface area contributed by atoms with Gasteiger partial charge < -0.3 is 11.1 Å². The molecule has 0 spiro atoms. The standard InChI is InChI=1S/C16H25N3O3S.ClH/c1-2-11-23(21,22)19-14-7-5-13(6-8-14)15(20)18-16(12-17)9-3-4-10-16;/h5-8,19H,2-4,9-12,17H2,1H3,(H,18,20);1H. The summed E-state index contributed by atoms with van der Waals surface area (Å²) in [6.45, 7) is 2.25. The molecular weight excluding hydrogens is 350 g/mol. The molecule has 136 valence electrons. The predicted octanol–water partition coefficient (Wildman–Crippen LogP) is 2.26. The number of amides is 1. The van der Waals surface area contributed by atoms with Crippen molar-refractivity contribution in [3.05, 3.63) is 29.8 Å². The Labute approximate surface area is 150 Å². The number of sulfonamides is 1. The van der Waals surface area contributed by atoms with Crippen LogP contribution in [0.25, 0.3) is 0 Å². The molecule has 0 bridgehead atoms. The van der Waals surface area contributed by atoms with Crippen LogP contribution in [0.3, 0.4) is 0 Å². The molecule has 1 fully saturated rings. The van der Waals surface area contributed by atoms with Crippen molar-refractivity contribution in [3.8, 4) is 0 Å². The number of nitrogens with two attached hydrogens (primary N) is 1. The number of nitrogens with one attached hydrogen (secondary N) is 2. The smallest absolute Gasteiger partial charge is 0.251 e. The molecule has 0 aliphatic heterocycles. The number of rotatable bonds is 7. The first-order chi connectivity index (χ1) is 10.9. The van der Waals surface area contributed by atoms with E-state index in [0.29, 0.717) is 24.2 Å². The molecule has 1 aromatic carbocycles. The molecule has 1 aliphatic rings. The topological polar surface area (TPSA) is 101 Å². The second kappa shape index (κ2) is 8.69. The van der Waals surface area contributed by atoms with Gasteiger partial charge in [0, 0.05) is 17.8 Å². The van der Waals surface area contributed by atoms with Crippen LogP contribution in [0.5, 0.6) is 0 Å². The molecule has 1 aromatic rings. The van der Waals surface area contributed by atoms with Gasteiger partial charge in [0.1, 0.15) is 0 Å². The summed E-state index contributed by atoms with van der Waals surface area (Å²) in [7, 11) is -3.32. The number of carbonyl (C=O) groups excluding carboxylic acids is 1. The monoisotopic (exact) mass is 375 g/mol. The van der Waals surface area contributed by atoms with Crippen LogP contribution in [0.1, 0.15) is 49.4 Å². The van der Waals surface area contributed by atoms with Gasteiger partial charge in [-0.15, -0.1) is 12.4 Å². The highest BCUT2D eigenvalue weighted by molar-refractivity contribution is 7.92. The van der Waals surface area contributed by atoms with Gasteiger partial charge in [-0.3, -0.25) is 9.52 Å². The maximum absolute atomic E-state index is 12.4. The number of hydrogen-bond donors (Lipinski definition) is 3. The molecular formula is C16H26ClN3O3S. The summed E-state index contributed by atoms with van der Waals surface area (Å²) in [5.74, 6) is -0.0887. The Kier molecular flexibility index (Phi) is 7.51. The van der Waals surface area contributed by atoms with Crippen LogP contribution in [0.4, 0.5) is 5.69 Å². The minimum absolute atomic E-state index is 0. The van der Waals surface area contributed by atoms with Crippen molar-refractivity contribution in [1.82, 2.24) is 5.32 Å². The van der Waals surface area contributed by atoms with Gasteiger partial charge in [0.15, 0.2) is 0 Å². The molecule has 2 rings (SSSR count). The number of benzene rings is 1. The highest BCUT2D eigenvalue weighted by atomic mass is 35.5. The Morgan fingerprint density at radius 2 is 1.79 bits per heavy atom. The van der Waals surface area contributed by atoms with E-state index in [4.69, 9.17) is 5.73 Å². The van der Waals surface area contributed by atoms with Crippen LogP contribution < -0.4 is 15.8 Å². The highest BCUT2D eigenvalue weighted by Gasteiger charge is 2.34. The Balaban J connectivity index is 0.00000288. The summed E-state index contributed by atoms with van der Waals surface area (Å²) < 4.78 is 25.9. The van der Waals surface area contributed by atoms with E-state index in [1.165, 1.54) is 0 Å². The lowest BCUT2D eigenvalue weighted by molar-refractivity contribution is 0.0903. The van der Waals surface area contributed by atoms with Crippen LogP contribution >= 0.6 is 12.4 Å². The summed E-state index contributed by atoms with van der Waals surface area (Å²) in [4.78, 5) is 12.4. The molecule has 1 aliphatic carbocycles. The SMILES string of the molecule is CCCS(=O)(=O)Nc1ccc(C(=O)NC2(CN)CCCC2)cc1.Cl. The van der Waals surface area contributed by atoms with E-state index in [0.717, 1.165) is 25.7 Å². The van der Waals surface area contributed by atoms with Gasteiger partial charge in [0.05, 0.1) is 11.3 Å². The Morgan fingerprint density at radius 3 is 2.29 bits per heavy atom. The first kappa shape index (κ1) is 20.7. The Hall–Kier alpha value is -1.31. The lowest BCUT2D eigenvalue weighted by Crippen LogP contribution is -2.51. The molecule has 0 unspecified atom stereocenters. The second-order valence-corrected chi connectivity index (χ2v) is 7.99. The average Bonchev–Trinajstić information content (AvgIpc) is 2.96. The van der Waals surface area contributed by atoms with Crippen molar-refractivity contribution < 1.29 is 13.2 Å². The summed E-state index contributed by atoms with van der Waals surface area (Å²) in [6, 6.07) is 6.45. The van der Waals surface area contributed by atoms with Crippen LogP contribution in [-0.2, 0) is 10.0 Å². The first-order valence-electron chi connectivity index (χ1n) is 8.03. The third-order valence-corrected chi connectivity index (χ3v) is 5.72. The van der Waals surface area contributed by atoms with Gasteiger partial charge in [-0.1, -0.05) is 19.8 Å². The van der Waals surface area contributed by atoms with Crippen LogP contribution in [-0.4, -0.2) is 32.2 Å². The zero-order valence-electron chi connectivity index (χ0n) is 13.9. The molecule has 1 amide bonds. The maximum atomic E-state index is 12.4. The molecule has 0 atom stereocenters. The van der Waals surface area contributed by atoms with Crippen LogP contribution in [0, 0.1) is 0 Å². The summed E-state index contributed by atoms with van der Waals surface area (Å²) in [6.07, 6.45) is 4.52. The van der Waals surface area contributed by atoms with E-state index >= 15 is 0 Å². The molecule has 0 saturated heterocycles. The zero-order chi connectivity index (χ0) is 16.9. The summed E-state index contributed by atoms with van der Waals surface area (Å²) in [5, 5.41) is 3.04. The average molecular weight is 376 g/mol. The van der Waals surface area contributed by atoms with Gasteiger partial charge >= 0.3 is 0 Å². The molecule has 8 heteroatoms. The van der Waals surface area contributed by atoms with Crippen molar-refractivity contribution in [1.29, 1.82) is 0 Å². The van der Waals surface area contributed by atoms with E-state index in [2.05, 4.69) is 10.0 Å². The van der Waals surface area contributed by atoms with Gasteiger partial charge in [-0.25, -0.2) is 8.42 Å². The number of anilines is 1. The summed E-state index contributed by atoms with van der Waals surface area (Å²) >= 11 is 0. The largest absolute Gasteiger partial charge is 0.345 e. The van der Waals surface area contributed by atoms with Crippen molar-refractivity contribution >= 4 is 34.0 Å². The third kappa shape index (κ3) is 5.36. The first-order valence-corrected chi connectivity index (χ1v) is 9.68. The molecule has 24 heavy (non-hydrogen) atoms. The minimum atomic E-state index is -3.32. The van der Waals surface area contributed by atoms with Crippen molar-refractivity contribution in [2.45, 2.75) is 44.6 Å². The molecule has 0 heterocycles. The predicted molar refractivity (Wildman–Crippen MR) is 99.1 cm³/mol. The van der Waals surface area contributed by atoms with E-state index in [1.54, 1.807) is 24.3 Å². The molecule has 0 aromatic heterocycles. The fourth-order valence-corrected chi connectivity index (χ4v) is 4.07. The van der Waals surface area contributed by atoms with E-state index in [9.17, 15) is 13.2 Å². The number of carbonyl (C=O) groups is 1. The number of halogens is 1. The van der Waals surface area contributed by atoms with E-state index < -0.39 is 10.0 Å². The van der Waals surface area contributed by atoms with Gasteiger partial charge in [0.25, 0.3) is 5.91 Å². The highest BCUT2D eigenvalue weighted by Crippen LogP contribution is 2.29. The van der Waals surface area contributed by atoms with Crippen LogP contribution in [0.15, 0.2) is 24.3 Å². The minimum Gasteiger partial charge on any atom is -0.345 e. The third-order valence-electron chi connectivity index (χ3n) is 4.22. The second-order valence-electron chi connectivity index (χ2n) is 6.14. The quantitative estimate of drug-likeness (QED) is 0.680. The van der Waals surface area contributed by atoms with Gasteiger partial charge in [-0.2, -0.15) is 0 Å². The van der Waals surface area contributed by atoms with Crippen LogP contribution in [0.2, 0.25) is 0 Å². The molecule has 0 radical (unpaired) electrons. The van der Waals surface area contributed by atoms with Crippen molar-refractivity contribution in [2.75, 3.05) is 17.0 Å². The number of hydrogen-bond acceptors (Lipinski definition) is 4. The fraction of sp³-hybridized carbons (Fsp3) is 0.562. The zero-order valence-corrected chi connectivity index (χ0v) is 15.5. The van der Waals surface area contributed by atoms with E-state index in [-0.39, 0.29) is 29.6 Å². The molecule has 6 nitrogen and oxygen atoms in total.